The largest absolute Gasteiger partial charge is 0.308 e. The highest BCUT2D eigenvalue weighted by molar-refractivity contribution is 9.11. The van der Waals surface area contributed by atoms with Crippen LogP contribution >= 0.6 is 31.9 Å². The first kappa shape index (κ1) is 11.0. The van der Waals surface area contributed by atoms with E-state index < -0.39 is 5.66 Å². The molecule has 0 aliphatic carbocycles. The van der Waals surface area contributed by atoms with Crippen LogP contribution in [0.2, 0.25) is 0 Å². The molecule has 1 aromatic rings. The second-order valence-electron chi connectivity index (χ2n) is 3.83. The Hall–Kier alpha value is -0.460. The normalized spacial score (nSPS) is 18.2. The summed E-state index contributed by atoms with van der Waals surface area (Å²) >= 11 is 6.61. The third-order valence-electron chi connectivity index (χ3n) is 2.48. The summed E-state index contributed by atoms with van der Waals surface area (Å²) in [5.74, 6) is 0. The molecule has 1 N–H and O–H groups in total. The van der Waals surface area contributed by atoms with Crippen molar-refractivity contribution in [1.29, 1.82) is 0 Å². The standard InChI is InChI=1S/C9H9Br2N2O2/c1-9(2)12(14)7-5(10)3-4-6(11)8(7)13(9)15/h3-4,14H,1-2H3/q+1. The monoisotopic (exact) mass is 335 g/mol. The third kappa shape index (κ3) is 1.35. The van der Waals surface area contributed by atoms with Crippen LogP contribution in [0.1, 0.15) is 13.8 Å². The number of fused-ring (bicyclic) bond motifs is 1. The molecule has 1 aromatic carbocycles. The second kappa shape index (κ2) is 3.26. The Morgan fingerprint density at radius 3 is 2.40 bits per heavy atom. The Morgan fingerprint density at radius 1 is 1.33 bits per heavy atom. The van der Waals surface area contributed by atoms with Crippen LogP contribution < -0.4 is 5.06 Å². The molecule has 15 heavy (non-hydrogen) atoms. The van der Waals surface area contributed by atoms with Gasteiger partial charge in [0.05, 0.1) is 13.7 Å². The lowest BCUT2D eigenvalue weighted by molar-refractivity contribution is -0.541. The summed E-state index contributed by atoms with van der Waals surface area (Å²) in [6.07, 6.45) is 0. The van der Waals surface area contributed by atoms with Gasteiger partial charge in [0.15, 0.2) is 5.69 Å². The van der Waals surface area contributed by atoms with Gasteiger partial charge in [-0.25, -0.2) is 0 Å². The molecule has 0 radical (unpaired) electrons. The number of rotatable bonds is 0. The fourth-order valence-electron chi connectivity index (χ4n) is 1.56. The summed E-state index contributed by atoms with van der Waals surface area (Å²) in [7, 11) is 0. The molecule has 0 amide bonds. The number of nitroso groups, excluding NO2 is 1. The Morgan fingerprint density at radius 2 is 1.87 bits per heavy atom. The highest BCUT2D eigenvalue weighted by atomic mass is 79.9. The Bertz CT molecular complexity index is 460. The summed E-state index contributed by atoms with van der Waals surface area (Å²) in [6, 6.07) is 3.55. The second-order valence-corrected chi connectivity index (χ2v) is 5.54. The molecule has 0 unspecified atom stereocenters. The maximum absolute atomic E-state index is 12.0. The van der Waals surface area contributed by atoms with Crippen molar-refractivity contribution in [3.8, 4) is 0 Å². The SMILES string of the molecule is CC1(C)N(O)c2c(Br)ccc(Br)c2[N+]1=O. The molecular formula is C9H9Br2N2O2+. The van der Waals surface area contributed by atoms with E-state index in [2.05, 4.69) is 31.9 Å². The molecule has 0 spiro atoms. The molecule has 1 heterocycles. The van der Waals surface area contributed by atoms with Crippen LogP contribution in [-0.4, -0.2) is 15.6 Å². The molecule has 1 aliphatic heterocycles. The van der Waals surface area contributed by atoms with Gasteiger partial charge in [-0.05, 0) is 44.0 Å². The van der Waals surface area contributed by atoms with Gasteiger partial charge in [-0.15, -0.1) is 0 Å². The van der Waals surface area contributed by atoms with Crippen LogP contribution in [-0.2, 0) is 0 Å². The summed E-state index contributed by atoms with van der Waals surface area (Å²) in [4.78, 5) is 12.0. The van der Waals surface area contributed by atoms with Gasteiger partial charge in [0.2, 0.25) is 0 Å². The van der Waals surface area contributed by atoms with Crippen molar-refractivity contribution in [2.75, 3.05) is 5.06 Å². The van der Waals surface area contributed by atoms with E-state index >= 15 is 0 Å². The molecule has 1 aliphatic rings. The number of anilines is 1. The van der Waals surface area contributed by atoms with Crippen LogP contribution in [0, 0.1) is 4.91 Å². The molecular weight excluding hydrogens is 328 g/mol. The van der Waals surface area contributed by atoms with Crippen LogP contribution in [0.3, 0.4) is 0 Å². The Balaban J connectivity index is 2.78. The van der Waals surface area contributed by atoms with Gasteiger partial charge in [0.1, 0.15) is 0 Å². The predicted molar refractivity (Wildman–Crippen MR) is 63.5 cm³/mol. The zero-order valence-corrected chi connectivity index (χ0v) is 11.3. The van der Waals surface area contributed by atoms with E-state index in [1.807, 2.05) is 0 Å². The van der Waals surface area contributed by atoms with Gasteiger partial charge in [0.25, 0.3) is 5.69 Å². The molecule has 0 fully saturated rings. The average molecular weight is 337 g/mol. The summed E-state index contributed by atoms with van der Waals surface area (Å²) in [5.41, 5.74) is -0.0596. The topological polar surface area (TPSA) is 43.5 Å². The van der Waals surface area contributed by atoms with E-state index in [9.17, 15) is 10.1 Å². The third-order valence-corrected chi connectivity index (χ3v) is 3.76. The highest BCUT2D eigenvalue weighted by Gasteiger charge is 2.54. The van der Waals surface area contributed by atoms with E-state index in [4.69, 9.17) is 0 Å². The van der Waals surface area contributed by atoms with Crippen LogP contribution in [0.25, 0.3) is 0 Å². The molecule has 0 aromatic heterocycles. The van der Waals surface area contributed by atoms with Gasteiger partial charge < -0.3 is 0 Å². The lowest BCUT2D eigenvalue weighted by Gasteiger charge is -2.17. The van der Waals surface area contributed by atoms with Crippen molar-refractivity contribution in [1.82, 2.24) is 0 Å². The maximum atomic E-state index is 12.0. The number of benzene rings is 1. The number of halogens is 2. The van der Waals surface area contributed by atoms with E-state index in [0.717, 1.165) is 9.82 Å². The van der Waals surface area contributed by atoms with Gasteiger partial charge >= 0.3 is 5.66 Å². The van der Waals surface area contributed by atoms with Crippen LogP contribution in [0.4, 0.5) is 11.4 Å². The zero-order valence-electron chi connectivity index (χ0n) is 8.16. The summed E-state index contributed by atoms with van der Waals surface area (Å²) in [6.45, 7) is 3.30. The van der Waals surface area contributed by atoms with Crippen molar-refractivity contribution < 1.29 is 9.97 Å². The zero-order chi connectivity index (χ0) is 11.4. The van der Waals surface area contributed by atoms with E-state index in [-0.39, 0.29) is 0 Å². The Kier molecular flexibility index (Phi) is 2.40. The lowest BCUT2D eigenvalue weighted by Crippen LogP contribution is -2.43. The van der Waals surface area contributed by atoms with Crippen molar-refractivity contribution >= 4 is 43.2 Å². The number of hydrogen-bond donors (Lipinski definition) is 1. The first-order valence-corrected chi connectivity index (χ1v) is 5.90. The molecule has 0 atom stereocenters. The molecule has 80 valence electrons. The Labute approximate surface area is 104 Å². The summed E-state index contributed by atoms with van der Waals surface area (Å²) < 4.78 is 2.15. The van der Waals surface area contributed by atoms with Gasteiger partial charge in [0, 0.05) is 18.8 Å². The van der Waals surface area contributed by atoms with Gasteiger partial charge in [-0.1, -0.05) is 0 Å². The van der Waals surface area contributed by atoms with Crippen molar-refractivity contribution in [2.45, 2.75) is 19.5 Å². The molecule has 0 bridgehead atoms. The summed E-state index contributed by atoms with van der Waals surface area (Å²) in [5, 5.41) is 10.9. The highest BCUT2D eigenvalue weighted by Crippen LogP contribution is 2.49. The molecule has 6 heteroatoms. The van der Waals surface area contributed by atoms with E-state index in [1.165, 1.54) is 0 Å². The number of nitrogens with zero attached hydrogens (tertiary/aromatic N) is 2. The molecule has 0 saturated heterocycles. The quantitative estimate of drug-likeness (QED) is 0.736. The molecule has 0 saturated carbocycles. The van der Waals surface area contributed by atoms with Crippen molar-refractivity contribution in [2.24, 2.45) is 0 Å². The minimum atomic E-state index is -0.991. The number of hydroxylamine groups is 1. The maximum Gasteiger partial charge on any atom is 0.308 e. The van der Waals surface area contributed by atoms with Crippen molar-refractivity contribution in [3.05, 3.63) is 26.0 Å². The van der Waals surface area contributed by atoms with Crippen LogP contribution in [0.5, 0.6) is 0 Å². The molecule has 2 rings (SSSR count). The average Bonchev–Trinajstić information content (AvgIpc) is 2.35. The van der Waals surface area contributed by atoms with Gasteiger partial charge in [-0.2, -0.15) is 5.06 Å². The fourth-order valence-corrected chi connectivity index (χ4v) is 2.53. The smallest absolute Gasteiger partial charge is 0.282 e. The first-order valence-electron chi connectivity index (χ1n) is 4.32. The van der Waals surface area contributed by atoms with E-state index in [0.29, 0.717) is 20.3 Å². The minimum Gasteiger partial charge on any atom is -0.282 e. The van der Waals surface area contributed by atoms with Gasteiger partial charge in [-0.3, -0.25) is 5.21 Å². The predicted octanol–water partition coefficient (Wildman–Crippen LogP) is 3.57. The van der Waals surface area contributed by atoms with Crippen molar-refractivity contribution in [3.63, 3.8) is 0 Å². The molecule has 4 nitrogen and oxygen atoms in total. The lowest BCUT2D eigenvalue weighted by atomic mass is 10.2. The minimum absolute atomic E-state index is 0.442. The fraction of sp³-hybridized carbons (Fsp3) is 0.333. The van der Waals surface area contributed by atoms with Crippen LogP contribution in [0.15, 0.2) is 21.1 Å². The first-order chi connectivity index (χ1) is 6.87. The van der Waals surface area contributed by atoms with E-state index in [1.54, 1.807) is 26.0 Å². The number of hydrogen-bond acceptors (Lipinski definition) is 3.